The van der Waals surface area contributed by atoms with Crippen molar-refractivity contribution < 1.29 is 4.74 Å². The van der Waals surface area contributed by atoms with Crippen LogP contribution < -0.4 is 10.5 Å². The number of hydrogen-bond donors (Lipinski definition) is 1. The minimum absolute atomic E-state index is 0.129. The van der Waals surface area contributed by atoms with E-state index in [0.717, 1.165) is 18.5 Å². The predicted molar refractivity (Wildman–Crippen MR) is 102 cm³/mol. The van der Waals surface area contributed by atoms with Crippen molar-refractivity contribution in [2.24, 2.45) is 7.05 Å². The summed E-state index contributed by atoms with van der Waals surface area (Å²) in [6.45, 7) is 0.696. The zero-order valence-electron chi connectivity index (χ0n) is 14.3. The third-order valence-electron chi connectivity index (χ3n) is 4.55. The molecule has 1 aliphatic heterocycles. The van der Waals surface area contributed by atoms with Crippen LogP contribution in [0.25, 0.3) is 11.0 Å². The number of halogens is 2. The van der Waals surface area contributed by atoms with E-state index in [2.05, 4.69) is 15.1 Å². The number of benzene rings is 1. The highest BCUT2D eigenvalue weighted by Crippen LogP contribution is 2.33. The number of rotatable bonds is 3. The second-order valence-electron chi connectivity index (χ2n) is 6.25. The van der Waals surface area contributed by atoms with Gasteiger partial charge >= 0.3 is 0 Å². The van der Waals surface area contributed by atoms with Crippen LogP contribution in [0.2, 0.25) is 10.0 Å². The van der Waals surface area contributed by atoms with Gasteiger partial charge in [0.25, 0.3) is 5.56 Å². The third-order valence-corrected chi connectivity index (χ3v) is 5.29. The normalized spacial score (nSPS) is 17.2. The fraction of sp³-hybridized carbons (Fsp3) is 0.353. The Kier molecular flexibility index (Phi) is 4.38. The van der Waals surface area contributed by atoms with Crippen molar-refractivity contribution in [1.82, 2.24) is 19.7 Å². The smallest absolute Gasteiger partial charge is 0.278 e. The van der Waals surface area contributed by atoms with Gasteiger partial charge in [-0.1, -0.05) is 23.2 Å². The van der Waals surface area contributed by atoms with Gasteiger partial charge in [0.15, 0.2) is 5.52 Å². The number of aryl methyl sites for hydroxylation is 1. The van der Waals surface area contributed by atoms with Crippen LogP contribution in [0.3, 0.4) is 0 Å². The number of aromatic nitrogens is 4. The summed E-state index contributed by atoms with van der Waals surface area (Å²) in [5.74, 6) is 0.396. The zero-order chi connectivity index (χ0) is 18.4. The van der Waals surface area contributed by atoms with Crippen LogP contribution in [0.1, 0.15) is 24.6 Å². The van der Waals surface area contributed by atoms with E-state index >= 15 is 0 Å². The summed E-state index contributed by atoms with van der Waals surface area (Å²) in [7, 11) is 3.53. The lowest BCUT2D eigenvalue weighted by Gasteiger charge is -2.18. The minimum atomic E-state index is -0.254. The van der Waals surface area contributed by atoms with E-state index in [-0.39, 0.29) is 11.7 Å². The van der Waals surface area contributed by atoms with Gasteiger partial charge in [-0.15, -0.1) is 0 Å². The highest BCUT2D eigenvalue weighted by atomic mass is 35.5. The molecule has 7 nitrogen and oxygen atoms in total. The molecule has 26 heavy (non-hydrogen) atoms. The molecule has 3 heterocycles. The average Bonchev–Trinajstić information content (AvgIpc) is 3.24. The van der Waals surface area contributed by atoms with Gasteiger partial charge in [0.1, 0.15) is 17.3 Å². The van der Waals surface area contributed by atoms with Crippen molar-refractivity contribution >= 4 is 45.9 Å². The number of nitrogens with one attached hydrogen (secondary N) is 1. The largest absolute Gasteiger partial charge is 0.372 e. The molecule has 1 fully saturated rings. The lowest BCUT2D eigenvalue weighted by Crippen LogP contribution is -2.19. The minimum Gasteiger partial charge on any atom is -0.372 e. The molecule has 9 heteroatoms. The second kappa shape index (κ2) is 6.57. The van der Waals surface area contributed by atoms with Crippen LogP contribution in [0.4, 0.5) is 11.6 Å². The van der Waals surface area contributed by atoms with Gasteiger partial charge in [-0.25, -0.2) is 4.98 Å². The molecular weight excluding hydrogens is 377 g/mol. The Morgan fingerprint density at radius 1 is 1.35 bits per heavy atom. The summed E-state index contributed by atoms with van der Waals surface area (Å²) < 4.78 is 7.30. The predicted octanol–water partition coefficient (Wildman–Crippen LogP) is 3.58. The first-order valence-electron chi connectivity index (χ1n) is 8.23. The molecule has 1 atom stereocenters. The standard InChI is InChI=1S/C17H17Cl2N5O2/c1-23(9-5-6-10(18)11(19)8-9)17-20-14-13(12-4-3-7-26-12)22-24(2)15(14)16(25)21-17/h5-6,8,12H,3-4,7H2,1-2H3,(H,20,21,25). The summed E-state index contributed by atoms with van der Waals surface area (Å²) in [4.78, 5) is 21.8. The third kappa shape index (κ3) is 2.86. The van der Waals surface area contributed by atoms with Gasteiger partial charge in [0.2, 0.25) is 5.95 Å². The van der Waals surface area contributed by atoms with Crippen LogP contribution in [0, 0.1) is 0 Å². The summed E-state index contributed by atoms with van der Waals surface area (Å²) in [5, 5.41) is 5.38. The molecule has 0 amide bonds. The monoisotopic (exact) mass is 393 g/mol. The molecule has 0 radical (unpaired) electrons. The van der Waals surface area contributed by atoms with Gasteiger partial charge in [0.05, 0.1) is 10.0 Å². The Balaban J connectivity index is 1.84. The second-order valence-corrected chi connectivity index (χ2v) is 7.07. The van der Waals surface area contributed by atoms with Crippen molar-refractivity contribution in [3.05, 3.63) is 44.3 Å². The molecule has 4 rings (SSSR count). The quantitative estimate of drug-likeness (QED) is 0.735. The molecular formula is C17H17Cl2N5O2. The molecule has 1 unspecified atom stereocenters. The first kappa shape index (κ1) is 17.3. The number of aromatic amines is 1. The van der Waals surface area contributed by atoms with E-state index in [0.29, 0.717) is 39.3 Å². The Hall–Kier alpha value is -2.09. The number of hydrogen-bond acceptors (Lipinski definition) is 5. The van der Waals surface area contributed by atoms with E-state index in [1.807, 2.05) is 6.07 Å². The lowest BCUT2D eigenvalue weighted by atomic mass is 10.1. The maximum Gasteiger partial charge on any atom is 0.278 e. The first-order chi connectivity index (χ1) is 12.5. The van der Waals surface area contributed by atoms with Gasteiger partial charge in [-0.2, -0.15) is 5.10 Å². The van der Waals surface area contributed by atoms with Crippen LogP contribution in [0.5, 0.6) is 0 Å². The maximum absolute atomic E-state index is 12.6. The average molecular weight is 394 g/mol. The van der Waals surface area contributed by atoms with E-state index < -0.39 is 0 Å². The van der Waals surface area contributed by atoms with Crippen LogP contribution in [-0.2, 0) is 11.8 Å². The number of ether oxygens (including phenoxy) is 1. The van der Waals surface area contributed by atoms with E-state index in [4.69, 9.17) is 27.9 Å². The molecule has 0 spiro atoms. The molecule has 2 aromatic heterocycles. The van der Waals surface area contributed by atoms with Crippen molar-refractivity contribution in [3.8, 4) is 0 Å². The Morgan fingerprint density at radius 2 is 2.15 bits per heavy atom. The molecule has 1 saturated heterocycles. The maximum atomic E-state index is 12.6. The van der Waals surface area contributed by atoms with Crippen LogP contribution in [-0.4, -0.2) is 33.4 Å². The summed E-state index contributed by atoms with van der Waals surface area (Å²) in [6.07, 6.45) is 1.72. The topological polar surface area (TPSA) is 76.0 Å². The molecule has 3 aromatic rings. The van der Waals surface area contributed by atoms with Gasteiger partial charge in [0, 0.05) is 26.4 Å². The van der Waals surface area contributed by atoms with Crippen LogP contribution >= 0.6 is 23.2 Å². The van der Waals surface area contributed by atoms with E-state index in [1.165, 1.54) is 0 Å². The molecule has 1 aromatic carbocycles. The molecule has 0 bridgehead atoms. The fourth-order valence-corrected chi connectivity index (χ4v) is 3.47. The summed E-state index contributed by atoms with van der Waals surface area (Å²) in [5.41, 5.74) is 2.20. The van der Waals surface area contributed by atoms with E-state index in [9.17, 15) is 4.79 Å². The van der Waals surface area contributed by atoms with Crippen molar-refractivity contribution in [2.45, 2.75) is 18.9 Å². The Labute approximate surface area is 159 Å². The van der Waals surface area contributed by atoms with Crippen molar-refractivity contribution in [1.29, 1.82) is 0 Å². The highest BCUT2D eigenvalue weighted by molar-refractivity contribution is 6.42. The van der Waals surface area contributed by atoms with Crippen molar-refractivity contribution in [2.75, 3.05) is 18.6 Å². The fourth-order valence-electron chi connectivity index (χ4n) is 3.18. The molecule has 136 valence electrons. The highest BCUT2D eigenvalue weighted by Gasteiger charge is 2.26. The zero-order valence-corrected chi connectivity index (χ0v) is 15.8. The SMILES string of the molecule is CN(c1ccc(Cl)c(Cl)c1)c1nc2c(C3CCCO3)nn(C)c2c(=O)[nH]1. The number of H-pyrrole nitrogens is 1. The number of anilines is 2. The Bertz CT molecular complexity index is 1040. The lowest BCUT2D eigenvalue weighted by molar-refractivity contribution is 0.109. The number of nitrogens with zero attached hydrogens (tertiary/aromatic N) is 4. The Morgan fingerprint density at radius 3 is 2.85 bits per heavy atom. The summed E-state index contributed by atoms with van der Waals surface area (Å²) >= 11 is 12.1. The van der Waals surface area contributed by atoms with Gasteiger partial charge in [-0.05, 0) is 31.0 Å². The van der Waals surface area contributed by atoms with Crippen LogP contribution in [0.15, 0.2) is 23.0 Å². The molecule has 0 saturated carbocycles. The molecule has 1 N–H and O–H groups in total. The van der Waals surface area contributed by atoms with Crippen molar-refractivity contribution in [3.63, 3.8) is 0 Å². The van der Waals surface area contributed by atoms with Gasteiger partial charge in [-0.3, -0.25) is 14.5 Å². The molecule has 1 aliphatic rings. The van der Waals surface area contributed by atoms with E-state index in [1.54, 1.807) is 35.8 Å². The summed E-state index contributed by atoms with van der Waals surface area (Å²) in [6, 6.07) is 5.23. The first-order valence-corrected chi connectivity index (χ1v) is 8.98. The number of fused-ring (bicyclic) bond motifs is 1. The van der Waals surface area contributed by atoms with Gasteiger partial charge < -0.3 is 9.64 Å². The molecule has 0 aliphatic carbocycles.